The molecule has 2 saturated carbocycles. The molecule has 2 heteroatoms. The van der Waals surface area contributed by atoms with E-state index in [4.69, 9.17) is 6.42 Å². The van der Waals surface area contributed by atoms with Gasteiger partial charge in [0.15, 0.2) is 5.78 Å². The predicted molar refractivity (Wildman–Crippen MR) is 83.4 cm³/mol. The van der Waals surface area contributed by atoms with E-state index in [2.05, 4.69) is 19.8 Å². The fourth-order valence-corrected chi connectivity index (χ4v) is 5.25. The van der Waals surface area contributed by atoms with Crippen molar-refractivity contribution in [3.63, 3.8) is 0 Å². The van der Waals surface area contributed by atoms with Crippen molar-refractivity contribution in [1.29, 1.82) is 0 Å². The molecule has 114 valence electrons. The highest BCUT2D eigenvalue weighted by Crippen LogP contribution is 2.60. The van der Waals surface area contributed by atoms with E-state index < -0.39 is 6.10 Å². The van der Waals surface area contributed by atoms with Gasteiger partial charge in [-0.05, 0) is 61.9 Å². The van der Waals surface area contributed by atoms with Crippen LogP contribution in [0.5, 0.6) is 0 Å². The third kappa shape index (κ3) is 2.27. The van der Waals surface area contributed by atoms with Gasteiger partial charge >= 0.3 is 0 Å². The summed E-state index contributed by atoms with van der Waals surface area (Å²) in [6, 6.07) is 0. The minimum atomic E-state index is -0.629. The summed E-state index contributed by atoms with van der Waals surface area (Å²) in [6.45, 7) is 4.51. The van der Waals surface area contributed by atoms with Crippen LogP contribution < -0.4 is 0 Å². The maximum Gasteiger partial charge on any atom is 0.155 e. The lowest BCUT2D eigenvalue weighted by Gasteiger charge is -2.55. The summed E-state index contributed by atoms with van der Waals surface area (Å²) < 4.78 is 0. The van der Waals surface area contributed by atoms with Crippen LogP contribution in [0.2, 0.25) is 0 Å². The number of hydrogen-bond acceptors (Lipinski definition) is 2. The van der Waals surface area contributed by atoms with Gasteiger partial charge in [-0.2, -0.15) is 0 Å². The first kappa shape index (κ1) is 14.9. The van der Waals surface area contributed by atoms with Crippen LogP contribution in [0.3, 0.4) is 0 Å². The van der Waals surface area contributed by atoms with Crippen LogP contribution in [0.1, 0.15) is 58.8 Å². The van der Waals surface area contributed by atoms with Crippen LogP contribution in [0.4, 0.5) is 0 Å². The smallest absolute Gasteiger partial charge is 0.155 e. The quantitative estimate of drug-likeness (QED) is 0.749. The minimum absolute atomic E-state index is 0.127. The molecule has 0 aliphatic heterocycles. The normalized spacial score (nSPS) is 44.1. The Bertz CT molecular complexity index is 526. The van der Waals surface area contributed by atoms with Crippen LogP contribution in [0, 0.1) is 35.0 Å². The predicted octanol–water partition coefficient (Wildman–Crippen LogP) is 3.49. The van der Waals surface area contributed by atoms with E-state index in [0.717, 1.165) is 38.5 Å². The molecule has 3 aliphatic carbocycles. The standard InChI is InChI=1S/C19H26O2/c1-4-17(21)18(2)9-8-16-13(12-18)5-6-14-11-15(20)7-10-19(14,16)3/h1,11,13,16-17,21H,5-10,12H2,2-3H3/t13?,16?,17-,18+,19+/m1/s1. The molecule has 0 spiro atoms. The van der Waals surface area contributed by atoms with Crippen LogP contribution >= 0.6 is 0 Å². The van der Waals surface area contributed by atoms with Gasteiger partial charge in [0, 0.05) is 11.8 Å². The zero-order valence-corrected chi connectivity index (χ0v) is 13.2. The second-order valence-corrected chi connectivity index (χ2v) is 7.92. The van der Waals surface area contributed by atoms with Gasteiger partial charge < -0.3 is 5.11 Å². The Balaban J connectivity index is 1.85. The average molecular weight is 286 g/mol. The fraction of sp³-hybridized carbons (Fsp3) is 0.737. The molecular formula is C19H26O2. The van der Waals surface area contributed by atoms with Crippen molar-refractivity contribution in [2.75, 3.05) is 0 Å². The van der Waals surface area contributed by atoms with Crippen molar-refractivity contribution < 1.29 is 9.90 Å². The van der Waals surface area contributed by atoms with Crippen LogP contribution in [-0.2, 0) is 4.79 Å². The van der Waals surface area contributed by atoms with Gasteiger partial charge in [0.05, 0.1) is 0 Å². The van der Waals surface area contributed by atoms with Crippen LogP contribution in [-0.4, -0.2) is 17.0 Å². The number of rotatable bonds is 1. The highest BCUT2D eigenvalue weighted by atomic mass is 16.3. The number of aliphatic hydroxyl groups is 1. The molecule has 0 radical (unpaired) electrons. The van der Waals surface area contributed by atoms with E-state index in [1.54, 1.807) is 0 Å². The Labute approximate surface area is 128 Å². The molecule has 5 atom stereocenters. The number of carbonyl (C=O) groups is 1. The molecular weight excluding hydrogens is 260 g/mol. The Kier molecular flexibility index (Phi) is 3.53. The maximum atomic E-state index is 11.7. The second-order valence-electron chi connectivity index (χ2n) is 7.92. The average Bonchev–Trinajstić information content (AvgIpc) is 2.47. The molecule has 3 rings (SSSR count). The summed E-state index contributed by atoms with van der Waals surface area (Å²) >= 11 is 0. The summed E-state index contributed by atoms with van der Waals surface area (Å²) in [5, 5.41) is 10.2. The summed E-state index contributed by atoms with van der Waals surface area (Å²) in [5.41, 5.74) is 1.47. The lowest BCUT2D eigenvalue weighted by atomic mass is 9.49. The SMILES string of the molecule is C#C[C@@H](O)[C@@]1(C)CCC2C(CCC3=CC(=O)CC[C@@]32C)C1. The zero-order chi connectivity index (χ0) is 15.3. The highest BCUT2D eigenvalue weighted by Gasteiger charge is 2.51. The van der Waals surface area contributed by atoms with Crippen LogP contribution in [0.15, 0.2) is 11.6 Å². The highest BCUT2D eigenvalue weighted by molar-refractivity contribution is 5.91. The molecule has 2 fully saturated rings. The van der Waals surface area contributed by atoms with Gasteiger partial charge in [0.1, 0.15) is 6.10 Å². The van der Waals surface area contributed by atoms with Gasteiger partial charge in [-0.1, -0.05) is 25.3 Å². The van der Waals surface area contributed by atoms with E-state index in [0.29, 0.717) is 24.0 Å². The first-order valence-corrected chi connectivity index (χ1v) is 8.27. The van der Waals surface area contributed by atoms with Crippen molar-refractivity contribution in [1.82, 2.24) is 0 Å². The number of ketones is 1. The van der Waals surface area contributed by atoms with Crippen molar-refractivity contribution in [2.45, 2.75) is 64.9 Å². The van der Waals surface area contributed by atoms with Crippen molar-refractivity contribution in [3.8, 4) is 12.3 Å². The number of carbonyl (C=O) groups excluding carboxylic acids is 1. The van der Waals surface area contributed by atoms with E-state index in [-0.39, 0.29) is 10.8 Å². The molecule has 0 aromatic carbocycles. The zero-order valence-electron chi connectivity index (χ0n) is 13.2. The molecule has 2 nitrogen and oxygen atoms in total. The number of allylic oxidation sites excluding steroid dienone is 2. The summed E-state index contributed by atoms with van der Waals surface area (Å²) in [7, 11) is 0. The molecule has 0 saturated heterocycles. The number of aliphatic hydroxyl groups excluding tert-OH is 1. The monoisotopic (exact) mass is 286 g/mol. The Hall–Kier alpha value is -1.07. The largest absolute Gasteiger partial charge is 0.380 e. The van der Waals surface area contributed by atoms with Crippen molar-refractivity contribution in [3.05, 3.63) is 11.6 Å². The van der Waals surface area contributed by atoms with Gasteiger partial charge in [0.25, 0.3) is 0 Å². The third-order valence-electron chi connectivity index (χ3n) is 6.70. The maximum absolute atomic E-state index is 11.7. The Morgan fingerprint density at radius 3 is 2.81 bits per heavy atom. The summed E-state index contributed by atoms with van der Waals surface area (Å²) in [5.74, 6) is 4.15. The van der Waals surface area contributed by atoms with Crippen LogP contribution in [0.25, 0.3) is 0 Å². The van der Waals surface area contributed by atoms with Crippen molar-refractivity contribution >= 4 is 5.78 Å². The molecule has 3 aliphatic rings. The van der Waals surface area contributed by atoms with E-state index in [1.807, 2.05) is 6.08 Å². The second kappa shape index (κ2) is 4.99. The summed E-state index contributed by atoms with van der Waals surface area (Å²) in [4.78, 5) is 11.7. The first-order chi connectivity index (χ1) is 9.89. The molecule has 1 N–H and O–H groups in total. The van der Waals surface area contributed by atoms with Crippen molar-refractivity contribution in [2.24, 2.45) is 22.7 Å². The first-order valence-electron chi connectivity index (χ1n) is 8.27. The number of fused-ring (bicyclic) bond motifs is 3. The molecule has 0 amide bonds. The van der Waals surface area contributed by atoms with E-state index >= 15 is 0 Å². The lowest BCUT2D eigenvalue weighted by molar-refractivity contribution is -0.117. The molecule has 0 aromatic rings. The summed E-state index contributed by atoms with van der Waals surface area (Å²) in [6.07, 6.45) is 13.8. The third-order valence-corrected chi connectivity index (χ3v) is 6.70. The van der Waals surface area contributed by atoms with Gasteiger partial charge in [-0.3, -0.25) is 4.79 Å². The lowest BCUT2D eigenvalue weighted by Crippen LogP contribution is -2.48. The van der Waals surface area contributed by atoms with Gasteiger partial charge in [-0.25, -0.2) is 0 Å². The molecule has 21 heavy (non-hydrogen) atoms. The van der Waals surface area contributed by atoms with Gasteiger partial charge in [-0.15, -0.1) is 6.42 Å². The Morgan fingerprint density at radius 1 is 1.33 bits per heavy atom. The van der Waals surface area contributed by atoms with E-state index in [9.17, 15) is 9.90 Å². The van der Waals surface area contributed by atoms with Gasteiger partial charge in [0.2, 0.25) is 0 Å². The fourth-order valence-electron chi connectivity index (χ4n) is 5.25. The number of hydrogen-bond donors (Lipinski definition) is 1. The topological polar surface area (TPSA) is 37.3 Å². The number of terminal acetylenes is 1. The molecule has 0 bridgehead atoms. The molecule has 0 aromatic heterocycles. The van der Waals surface area contributed by atoms with E-state index in [1.165, 1.54) is 5.57 Å². The molecule has 0 heterocycles. The Morgan fingerprint density at radius 2 is 2.10 bits per heavy atom. The minimum Gasteiger partial charge on any atom is -0.380 e. The molecule has 2 unspecified atom stereocenters.